The Kier molecular flexibility index (Phi) is 4.69. The monoisotopic (exact) mass is 223 g/mol. The standard InChI is InChI=1S/C15H29N/c1-3-5-6-12(4-2)11-16-15-10-13-7-8-14(15)9-13/h12-16H,3-11H2,1-2H3. The van der Waals surface area contributed by atoms with Crippen LogP contribution in [0.3, 0.4) is 0 Å². The van der Waals surface area contributed by atoms with Crippen molar-refractivity contribution < 1.29 is 0 Å². The van der Waals surface area contributed by atoms with E-state index in [4.69, 9.17) is 0 Å². The van der Waals surface area contributed by atoms with Gasteiger partial charge in [-0.25, -0.2) is 0 Å². The van der Waals surface area contributed by atoms with Crippen LogP contribution in [0.5, 0.6) is 0 Å². The first-order valence-corrected chi connectivity index (χ1v) is 7.56. The van der Waals surface area contributed by atoms with Crippen LogP contribution in [0.2, 0.25) is 0 Å². The Labute approximate surface area is 101 Å². The van der Waals surface area contributed by atoms with Crippen LogP contribution in [-0.4, -0.2) is 12.6 Å². The molecule has 1 N–H and O–H groups in total. The molecule has 2 aliphatic carbocycles. The lowest BCUT2D eigenvalue weighted by Gasteiger charge is -2.25. The molecule has 2 rings (SSSR count). The molecule has 0 heterocycles. The number of hydrogen-bond acceptors (Lipinski definition) is 1. The Balaban J connectivity index is 1.65. The molecule has 0 aromatic heterocycles. The summed E-state index contributed by atoms with van der Waals surface area (Å²) < 4.78 is 0. The van der Waals surface area contributed by atoms with E-state index >= 15 is 0 Å². The van der Waals surface area contributed by atoms with Gasteiger partial charge in [0.1, 0.15) is 0 Å². The van der Waals surface area contributed by atoms with Gasteiger partial charge in [0.05, 0.1) is 0 Å². The van der Waals surface area contributed by atoms with Crippen LogP contribution in [0, 0.1) is 17.8 Å². The fraction of sp³-hybridized carbons (Fsp3) is 1.00. The molecule has 2 fully saturated rings. The topological polar surface area (TPSA) is 12.0 Å². The van der Waals surface area contributed by atoms with Gasteiger partial charge in [-0.1, -0.05) is 39.5 Å². The first-order chi connectivity index (χ1) is 7.83. The first-order valence-electron chi connectivity index (χ1n) is 7.56. The molecule has 4 unspecified atom stereocenters. The van der Waals surface area contributed by atoms with E-state index in [0.717, 1.165) is 23.8 Å². The molecule has 0 aliphatic heterocycles. The third kappa shape index (κ3) is 3.00. The van der Waals surface area contributed by atoms with Crippen LogP contribution in [0.25, 0.3) is 0 Å². The number of fused-ring (bicyclic) bond motifs is 2. The Morgan fingerprint density at radius 2 is 2.06 bits per heavy atom. The predicted molar refractivity (Wildman–Crippen MR) is 70.5 cm³/mol. The summed E-state index contributed by atoms with van der Waals surface area (Å²) in [4.78, 5) is 0. The lowest BCUT2D eigenvalue weighted by Crippen LogP contribution is -2.37. The quantitative estimate of drug-likeness (QED) is 0.688. The summed E-state index contributed by atoms with van der Waals surface area (Å²) >= 11 is 0. The zero-order chi connectivity index (χ0) is 11.4. The van der Waals surface area contributed by atoms with E-state index in [1.807, 2.05) is 0 Å². The molecule has 94 valence electrons. The summed E-state index contributed by atoms with van der Waals surface area (Å²) in [5.41, 5.74) is 0. The van der Waals surface area contributed by atoms with Crippen molar-refractivity contribution in [1.82, 2.24) is 5.32 Å². The maximum Gasteiger partial charge on any atom is 0.00981 e. The molecule has 2 bridgehead atoms. The molecule has 0 spiro atoms. The molecule has 2 saturated carbocycles. The summed E-state index contributed by atoms with van der Waals surface area (Å²) in [5, 5.41) is 3.87. The van der Waals surface area contributed by atoms with E-state index in [1.165, 1.54) is 57.9 Å². The zero-order valence-electron chi connectivity index (χ0n) is 11.2. The second kappa shape index (κ2) is 6.05. The van der Waals surface area contributed by atoms with Gasteiger partial charge in [0.2, 0.25) is 0 Å². The van der Waals surface area contributed by atoms with Crippen LogP contribution in [0.4, 0.5) is 0 Å². The van der Waals surface area contributed by atoms with Gasteiger partial charge in [-0.15, -0.1) is 0 Å². The molecular weight excluding hydrogens is 194 g/mol. The van der Waals surface area contributed by atoms with Crippen molar-refractivity contribution in [2.24, 2.45) is 17.8 Å². The molecule has 1 heteroatoms. The van der Waals surface area contributed by atoms with Crippen LogP contribution in [0.1, 0.15) is 65.2 Å². The van der Waals surface area contributed by atoms with Crippen molar-refractivity contribution in [3.63, 3.8) is 0 Å². The van der Waals surface area contributed by atoms with Gasteiger partial charge in [0.15, 0.2) is 0 Å². The molecule has 0 radical (unpaired) electrons. The van der Waals surface area contributed by atoms with E-state index in [-0.39, 0.29) is 0 Å². The van der Waals surface area contributed by atoms with Gasteiger partial charge in [-0.3, -0.25) is 0 Å². The molecule has 0 saturated heterocycles. The highest BCUT2D eigenvalue weighted by atomic mass is 14.9. The second-order valence-electron chi connectivity index (χ2n) is 6.11. The summed E-state index contributed by atoms with van der Waals surface area (Å²) in [7, 11) is 0. The van der Waals surface area contributed by atoms with Crippen LogP contribution in [0.15, 0.2) is 0 Å². The number of nitrogens with one attached hydrogen (secondary N) is 1. The average Bonchev–Trinajstić information content (AvgIpc) is 2.91. The average molecular weight is 223 g/mol. The third-order valence-electron chi connectivity index (χ3n) is 4.95. The SMILES string of the molecule is CCCCC(CC)CNC1CC2CCC1C2. The molecular formula is C15H29N. The minimum Gasteiger partial charge on any atom is -0.313 e. The van der Waals surface area contributed by atoms with Gasteiger partial charge in [0.25, 0.3) is 0 Å². The van der Waals surface area contributed by atoms with Gasteiger partial charge in [0, 0.05) is 6.04 Å². The van der Waals surface area contributed by atoms with Gasteiger partial charge < -0.3 is 5.32 Å². The highest BCUT2D eigenvalue weighted by Gasteiger charge is 2.39. The Bertz CT molecular complexity index is 202. The largest absolute Gasteiger partial charge is 0.313 e. The van der Waals surface area contributed by atoms with Gasteiger partial charge in [-0.05, 0) is 50.0 Å². The number of rotatable bonds is 7. The van der Waals surface area contributed by atoms with E-state index in [2.05, 4.69) is 19.2 Å². The summed E-state index contributed by atoms with van der Waals surface area (Å²) in [6, 6.07) is 0.884. The molecule has 0 aromatic rings. The Hall–Kier alpha value is -0.0400. The van der Waals surface area contributed by atoms with Gasteiger partial charge in [-0.2, -0.15) is 0 Å². The second-order valence-corrected chi connectivity index (χ2v) is 6.11. The van der Waals surface area contributed by atoms with E-state index in [1.54, 1.807) is 0 Å². The van der Waals surface area contributed by atoms with E-state index in [0.29, 0.717) is 0 Å². The molecule has 0 aromatic carbocycles. The van der Waals surface area contributed by atoms with Gasteiger partial charge >= 0.3 is 0 Å². The lowest BCUT2D eigenvalue weighted by atomic mass is 9.93. The smallest absolute Gasteiger partial charge is 0.00981 e. The molecule has 4 atom stereocenters. The Morgan fingerprint density at radius 3 is 2.62 bits per heavy atom. The summed E-state index contributed by atoms with van der Waals surface area (Å²) in [5.74, 6) is 3.05. The fourth-order valence-corrected chi connectivity index (χ4v) is 3.76. The normalized spacial score (nSPS) is 34.5. The first kappa shape index (κ1) is 12.4. The molecule has 1 nitrogen and oxygen atoms in total. The van der Waals surface area contributed by atoms with Crippen molar-refractivity contribution in [3.8, 4) is 0 Å². The van der Waals surface area contributed by atoms with Crippen molar-refractivity contribution >= 4 is 0 Å². The van der Waals surface area contributed by atoms with Crippen molar-refractivity contribution in [2.75, 3.05) is 6.54 Å². The van der Waals surface area contributed by atoms with Crippen molar-refractivity contribution in [1.29, 1.82) is 0 Å². The minimum atomic E-state index is 0.884. The third-order valence-corrected chi connectivity index (χ3v) is 4.95. The maximum absolute atomic E-state index is 3.87. The molecule has 16 heavy (non-hydrogen) atoms. The fourth-order valence-electron chi connectivity index (χ4n) is 3.76. The zero-order valence-corrected chi connectivity index (χ0v) is 11.2. The molecule has 2 aliphatic rings. The van der Waals surface area contributed by atoms with Crippen molar-refractivity contribution in [3.05, 3.63) is 0 Å². The summed E-state index contributed by atoms with van der Waals surface area (Å²) in [6.45, 7) is 5.93. The summed E-state index contributed by atoms with van der Waals surface area (Å²) in [6.07, 6.45) is 11.6. The Morgan fingerprint density at radius 1 is 1.19 bits per heavy atom. The predicted octanol–water partition coefficient (Wildman–Crippen LogP) is 3.98. The van der Waals surface area contributed by atoms with E-state index < -0.39 is 0 Å². The van der Waals surface area contributed by atoms with E-state index in [9.17, 15) is 0 Å². The number of hydrogen-bond donors (Lipinski definition) is 1. The number of unbranched alkanes of at least 4 members (excludes halogenated alkanes) is 1. The highest BCUT2D eigenvalue weighted by Crippen LogP contribution is 2.44. The van der Waals surface area contributed by atoms with Crippen LogP contribution >= 0.6 is 0 Å². The molecule has 0 amide bonds. The van der Waals surface area contributed by atoms with Crippen molar-refractivity contribution in [2.45, 2.75) is 71.3 Å². The maximum atomic E-state index is 3.87. The minimum absolute atomic E-state index is 0.884. The van der Waals surface area contributed by atoms with Crippen LogP contribution in [-0.2, 0) is 0 Å². The lowest BCUT2D eigenvalue weighted by molar-refractivity contribution is 0.316. The van der Waals surface area contributed by atoms with Crippen LogP contribution < -0.4 is 5.32 Å². The highest BCUT2D eigenvalue weighted by molar-refractivity contribution is 4.94.